The van der Waals surface area contributed by atoms with E-state index in [1.807, 2.05) is 31.2 Å². The van der Waals surface area contributed by atoms with Crippen LogP contribution in [0.3, 0.4) is 0 Å². The lowest BCUT2D eigenvalue weighted by Crippen LogP contribution is -2.18. The number of phosphoric acid groups is 1. The molecule has 220 valence electrons. The predicted octanol–water partition coefficient (Wildman–Crippen LogP) is 7.65. The van der Waals surface area contributed by atoms with E-state index in [1.54, 1.807) is 7.05 Å². The minimum atomic E-state index is -4.15. The van der Waals surface area contributed by atoms with Gasteiger partial charge in [0.05, 0.1) is 19.8 Å². The number of carbonyl (C=O) groups excluding carboxylic acids is 1. The number of benzene rings is 1. The quantitative estimate of drug-likeness (QED) is 0.0896. The fourth-order valence-electron chi connectivity index (χ4n) is 4.34. The van der Waals surface area contributed by atoms with E-state index < -0.39 is 7.82 Å². The molecule has 0 fully saturated rings. The lowest BCUT2D eigenvalue weighted by Gasteiger charge is -2.19. The van der Waals surface area contributed by atoms with Gasteiger partial charge < -0.3 is 14.9 Å². The molecule has 7 nitrogen and oxygen atoms in total. The molecule has 0 aromatic heterocycles. The fourth-order valence-corrected chi connectivity index (χ4v) is 5.14. The van der Waals surface area contributed by atoms with Crippen molar-refractivity contribution < 1.29 is 28.0 Å². The highest BCUT2D eigenvalue weighted by atomic mass is 31.2. The minimum Gasteiger partial charge on any atom is -0.494 e. The number of Topliss-reactive ketones (excluding diaryl/α,β-unsaturated/α-hetero) is 1. The number of ether oxygens (including phenoxy) is 1. The molecule has 2 unspecified atom stereocenters. The molecular weight excluding hydrogens is 501 g/mol. The Bertz CT molecular complexity index is 758. The van der Waals surface area contributed by atoms with Crippen LogP contribution in [-0.4, -0.2) is 44.1 Å². The lowest BCUT2D eigenvalue weighted by molar-refractivity contribution is -0.120. The number of phosphoric ester groups is 1. The van der Waals surface area contributed by atoms with E-state index in [9.17, 15) is 14.3 Å². The molecule has 2 N–H and O–H groups in total. The standard InChI is InChI=1S/C30H54NO6P/c1-4-6-7-8-9-10-11-12-13-14-15-16-22-35-30-19-17-27(18-20-30)24-28(25-29(32)5-2)26-37-38(33,34)36-23-21-31-3/h17-20,28,31H,4-16,21-26H2,1-3H3,(H,33,34). The van der Waals surface area contributed by atoms with Crippen LogP contribution in [0.2, 0.25) is 0 Å². The van der Waals surface area contributed by atoms with E-state index in [0.717, 1.165) is 24.3 Å². The molecule has 38 heavy (non-hydrogen) atoms. The van der Waals surface area contributed by atoms with Crippen LogP contribution in [0.5, 0.6) is 5.75 Å². The Morgan fingerprint density at radius 1 is 0.868 bits per heavy atom. The van der Waals surface area contributed by atoms with Gasteiger partial charge in [-0.25, -0.2) is 4.57 Å². The van der Waals surface area contributed by atoms with Crippen molar-refractivity contribution in [3.63, 3.8) is 0 Å². The molecule has 0 amide bonds. The lowest BCUT2D eigenvalue weighted by atomic mass is 9.94. The fraction of sp³-hybridized carbons (Fsp3) is 0.767. The zero-order chi connectivity index (χ0) is 27.9. The Balaban J connectivity index is 2.29. The molecule has 1 aromatic carbocycles. The van der Waals surface area contributed by atoms with Crippen molar-refractivity contribution in [2.75, 3.05) is 33.4 Å². The third kappa shape index (κ3) is 18.9. The summed E-state index contributed by atoms with van der Waals surface area (Å²) in [7, 11) is -2.41. The first-order valence-electron chi connectivity index (χ1n) is 14.9. The molecular formula is C30H54NO6P. The van der Waals surface area contributed by atoms with Crippen LogP contribution >= 0.6 is 7.82 Å². The molecule has 0 saturated heterocycles. The Kier molecular flexibility index (Phi) is 20.7. The number of carbonyl (C=O) groups is 1. The summed E-state index contributed by atoms with van der Waals surface area (Å²) in [5.41, 5.74) is 1.03. The van der Waals surface area contributed by atoms with Crippen molar-refractivity contribution >= 4 is 13.6 Å². The second-order valence-corrected chi connectivity index (χ2v) is 11.7. The number of hydrogen-bond donors (Lipinski definition) is 2. The molecule has 8 heteroatoms. The molecule has 2 atom stereocenters. The van der Waals surface area contributed by atoms with Crippen molar-refractivity contribution in [3.8, 4) is 5.75 Å². The molecule has 1 aromatic rings. The van der Waals surface area contributed by atoms with E-state index in [1.165, 1.54) is 70.6 Å². The second-order valence-electron chi connectivity index (χ2n) is 10.2. The van der Waals surface area contributed by atoms with E-state index in [4.69, 9.17) is 13.8 Å². The number of unbranched alkanes of at least 4 members (excludes halogenated alkanes) is 11. The normalized spacial score (nSPS) is 13.8. The Labute approximate surface area is 232 Å². The summed E-state index contributed by atoms with van der Waals surface area (Å²) < 4.78 is 28.1. The smallest absolute Gasteiger partial charge is 0.472 e. The highest BCUT2D eigenvalue weighted by Gasteiger charge is 2.24. The molecule has 0 aliphatic heterocycles. The maximum Gasteiger partial charge on any atom is 0.472 e. The first-order valence-corrected chi connectivity index (χ1v) is 16.4. The van der Waals surface area contributed by atoms with E-state index in [0.29, 0.717) is 25.8 Å². The Hall–Kier alpha value is -1.24. The van der Waals surface area contributed by atoms with Crippen LogP contribution in [0.1, 0.15) is 109 Å². The van der Waals surface area contributed by atoms with Crippen LogP contribution in [0.15, 0.2) is 24.3 Å². The van der Waals surface area contributed by atoms with Crippen molar-refractivity contribution in [2.45, 2.75) is 110 Å². The Morgan fingerprint density at radius 2 is 1.45 bits per heavy atom. The Morgan fingerprint density at radius 3 is 2.00 bits per heavy atom. The molecule has 0 radical (unpaired) electrons. The topological polar surface area (TPSA) is 94.1 Å². The summed E-state index contributed by atoms with van der Waals surface area (Å²) in [6.07, 6.45) is 17.2. The van der Waals surface area contributed by atoms with Gasteiger partial charge in [-0.05, 0) is 43.5 Å². The number of hydrogen-bond acceptors (Lipinski definition) is 6. The van der Waals surface area contributed by atoms with Gasteiger partial charge >= 0.3 is 7.82 Å². The SMILES string of the molecule is CCCCCCCCCCCCCCOc1ccc(CC(COP(=O)(O)OCCNC)CC(=O)CC)cc1. The van der Waals surface area contributed by atoms with Gasteiger partial charge in [0.1, 0.15) is 11.5 Å². The summed E-state index contributed by atoms with van der Waals surface area (Å²) in [5, 5.41) is 2.84. The van der Waals surface area contributed by atoms with Gasteiger partial charge in [-0.15, -0.1) is 0 Å². The van der Waals surface area contributed by atoms with Crippen LogP contribution in [-0.2, 0) is 24.8 Å². The van der Waals surface area contributed by atoms with Gasteiger partial charge in [-0.3, -0.25) is 13.8 Å². The first-order chi connectivity index (χ1) is 18.4. The van der Waals surface area contributed by atoms with Gasteiger partial charge in [0.15, 0.2) is 0 Å². The summed E-state index contributed by atoms with van der Waals surface area (Å²) in [6.45, 7) is 5.30. The van der Waals surface area contributed by atoms with Gasteiger partial charge in [0, 0.05) is 19.4 Å². The number of rotatable bonds is 26. The largest absolute Gasteiger partial charge is 0.494 e. The van der Waals surface area contributed by atoms with Gasteiger partial charge in [-0.1, -0.05) is 96.6 Å². The summed E-state index contributed by atoms with van der Waals surface area (Å²) in [4.78, 5) is 21.9. The van der Waals surface area contributed by atoms with E-state index in [-0.39, 0.29) is 24.9 Å². The molecule has 0 bridgehead atoms. The monoisotopic (exact) mass is 555 g/mol. The first kappa shape index (κ1) is 34.8. The van der Waals surface area contributed by atoms with E-state index >= 15 is 0 Å². The minimum absolute atomic E-state index is 0.0176. The van der Waals surface area contributed by atoms with Crippen LogP contribution in [0.25, 0.3) is 0 Å². The number of nitrogens with one attached hydrogen (secondary N) is 1. The summed E-state index contributed by atoms with van der Waals surface area (Å²) in [6, 6.07) is 7.88. The zero-order valence-corrected chi connectivity index (χ0v) is 25.2. The maximum atomic E-state index is 12.1. The summed E-state index contributed by atoms with van der Waals surface area (Å²) >= 11 is 0. The van der Waals surface area contributed by atoms with Gasteiger partial charge in [0.25, 0.3) is 0 Å². The highest BCUT2D eigenvalue weighted by molar-refractivity contribution is 7.47. The zero-order valence-electron chi connectivity index (χ0n) is 24.3. The van der Waals surface area contributed by atoms with Crippen LogP contribution in [0.4, 0.5) is 0 Å². The molecule has 0 spiro atoms. The average Bonchev–Trinajstić information content (AvgIpc) is 2.91. The van der Waals surface area contributed by atoms with Gasteiger partial charge in [0.2, 0.25) is 0 Å². The molecule has 1 rings (SSSR count). The average molecular weight is 556 g/mol. The molecule has 0 aliphatic rings. The van der Waals surface area contributed by atoms with Crippen molar-refractivity contribution in [3.05, 3.63) is 29.8 Å². The predicted molar refractivity (Wildman–Crippen MR) is 156 cm³/mol. The van der Waals surface area contributed by atoms with Crippen LogP contribution in [0, 0.1) is 5.92 Å². The third-order valence-electron chi connectivity index (χ3n) is 6.70. The second kappa shape index (κ2) is 22.6. The maximum absolute atomic E-state index is 12.1. The van der Waals surface area contributed by atoms with Crippen molar-refractivity contribution in [2.24, 2.45) is 5.92 Å². The molecule has 0 heterocycles. The number of likely N-dealkylation sites (N-methyl/N-ethyl adjacent to an activating group) is 1. The van der Waals surface area contributed by atoms with Crippen molar-refractivity contribution in [1.82, 2.24) is 5.32 Å². The third-order valence-corrected chi connectivity index (χ3v) is 7.69. The highest BCUT2D eigenvalue weighted by Crippen LogP contribution is 2.43. The van der Waals surface area contributed by atoms with Gasteiger partial charge in [-0.2, -0.15) is 0 Å². The number of ketones is 1. The van der Waals surface area contributed by atoms with Crippen molar-refractivity contribution in [1.29, 1.82) is 0 Å². The summed E-state index contributed by atoms with van der Waals surface area (Å²) in [5.74, 6) is 0.737. The van der Waals surface area contributed by atoms with Crippen LogP contribution < -0.4 is 10.1 Å². The molecule has 0 aliphatic carbocycles. The van der Waals surface area contributed by atoms with E-state index in [2.05, 4.69) is 12.2 Å². The molecule has 0 saturated carbocycles.